The van der Waals surface area contributed by atoms with E-state index in [9.17, 15) is 0 Å². The average Bonchev–Trinajstić information content (AvgIpc) is 3.17. The van der Waals surface area contributed by atoms with Crippen LogP contribution < -0.4 is 0 Å². The summed E-state index contributed by atoms with van der Waals surface area (Å²) >= 11 is 7.59. The van der Waals surface area contributed by atoms with Crippen LogP contribution in [0.4, 0.5) is 0 Å². The molecule has 33 heavy (non-hydrogen) atoms. The lowest BCUT2D eigenvalue weighted by Gasteiger charge is -2.20. The van der Waals surface area contributed by atoms with Crippen molar-refractivity contribution in [2.75, 3.05) is 0 Å². The number of nitrogens with zero attached hydrogens (tertiary/aromatic N) is 1. The lowest BCUT2D eigenvalue weighted by atomic mass is 9.94. The van der Waals surface area contributed by atoms with Gasteiger partial charge in [-0.15, -0.1) is 0 Å². The smallest absolute Gasteiger partial charge is 0.149 e. The van der Waals surface area contributed by atoms with Crippen LogP contribution in [0.1, 0.15) is 5.56 Å². The highest BCUT2D eigenvalue weighted by Gasteiger charge is 2.26. The third-order valence-corrected chi connectivity index (χ3v) is 7.97. The molecule has 0 N–H and O–H groups in total. The van der Waals surface area contributed by atoms with Crippen LogP contribution in [-0.2, 0) is -0.565 Å². The molecule has 1 nitrogen and oxygen atoms in total. The van der Waals surface area contributed by atoms with Crippen LogP contribution >= 0.6 is 67.8 Å². The minimum absolute atomic E-state index is 0.0296. The normalized spacial score (nSPS) is 12.1. The van der Waals surface area contributed by atoms with Crippen molar-refractivity contribution < 1.29 is 0 Å². The highest BCUT2D eigenvalue weighted by molar-refractivity contribution is 14.3. The Labute approximate surface area is 233 Å². The largest absolute Gasteiger partial charge is 0.309 e. The monoisotopic (exact) mass is 761 g/mol. The molecule has 160 valence electrons. The number of aromatic nitrogens is 1. The van der Waals surface area contributed by atoms with E-state index in [4.69, 9.17) is 0 Å². The summed E-state index contributed by atoms with van der Waals surface area (Å²) in [5.41, 5.74) is 7.57. The molecule has 5 aromatic carbocycles. The first-order valence-corrected chi connectivity index (χ1v) is 13.9. The van der Waals surface area contributed by atoms with E-state index in [2.05, 4.69) is 182 Å². The molecule has 0 aliphatic carbocycles. The predicted molar refractivity (Wildman–Crippen MR) is 167 cm³/mol. The molecule has 0 fully saturated rings. The number of hydrogen-bond donors (Lipinski definition) is 0. The van der Waals surface area contributed by atoms with Crippen LogP contribution in [0, 0.1) is 0 Å². The van der Waals surface area contributed by atoms with Gasteiger partial charge in [0.1, 0.15) is -0.565 Å². The number of hydrogen-bond acceptors (Lipinski definition) is 0. The van der Waals surface area contributed by atoms with Crippen molar-refractivity contribution in [2.24, 2.45) is 0 Å². The summed E-state index contributed by atoms with van der Waals surface area (Å²) in [5, 5.41) is 5.15. The maximum Gasteiger partial charge on any atom is 0.149 e. The van der Waals surface area contributed by atoms with Gasteiger partial charge in [-0.05, 0) is 120 Å². The lowest BCUT2D eigenvalue weighted by molar-refractivity contribution is 1.18. The van der Waals surface area contributed by atoms with Crippen LogP contribution in [0.5, 0.6) is 0 Å². The van der Waals surface area contributed by atoms with Crippen LogP contribution in [0.25, 0.3) is 49.4 Å². The second-order valence-corrected chi connectivity index (χ2v) is 19.2. The third kappa shape index (κ3) is 3.78. The van der Waals surface area contributed by atoms with Crippen molar-refractivity contribution in [3.63, 3.8) is 0 Å². The Hall–Kier alpha value is -1.65. The minimum atomic E-state index is -0.0296. The third-order valence-electron chi connectivity index (χ3n) is 6.23. The molecule has 0 amide bonds. The van der Waals surface area contributed by atoms with Crippen LogP contribution in [-0.4, -0.2) is 4.57 Å². The molecule has 0 radical (unpaired) electrons. The van der Waals surface area contributed by atoms with Gasteiger partial charge in [0.05, 0.1) is 11.0 Å². The van der Waals surface area contributed by atoms with Crippen molar-refractivity contribution >= 4 is 100 Å². The standard InChI is InChI=1S/C29H18I3N/c30-29(31,32)25-18-15-19-7-1-2-8-22(19)28(25)20-13-16-21(17-14-20)33-26-11-5-3-9-23(26)24-10-4-6-12-27(24)33/h1-18H. The van der Waals surface area contributed by atoms with E-state index in [0.717, 1.165) is 0 Å². The van der Waals surface area contributed by atoms with E-state index in [0.29, 0.717) is 0 Å². The Kier molecular flexibility index (Phi) is 5.65. The lowest BCUT2D eigenvalue weighted by Crippen LogP contribution is -2.01. The summed E-state index contributed by atoms with van der Waals surface area (Å²) < 4.78 is 2.34. The number of benzene rings is 5. The van der Waals surface area contributed by atoms with Gasteiger partial charge >= 0.3 is 0 Å². The number of rotatable bonds is 3. The topological polar surface area (TPSA) is 4.93 Å². The first kappa shape index (κ1) is 21.9. The SMILES string of the molecule is IC(I)(I)c1ccc2ccccc2c1-c1ccc(-n2c3ccccc3c3ccccc32)cc1. The molecule has 0 aliphatic rings. The first-order valence-electron chi connectivity index (χ1n) is 10.7. The number of halogens is 3. The second kappa shape index (κ2) is 8.53. The summed E-state index contributed by atoms with van der Waals surface area (Å²) in [5.74, 6) is 0. The molecule has 0 saturated heterocycles. The van der Waals surface area contributed by atoms with Gasteiger partial charge in [0.15, 0.2) is 0 Å². The Bertz CT molecular complexity index is 1590. The summed E-state index contributed by atoms with van der Waals surface area (Å²) in [6.07, 6.45) is 0. The molecule has 0 spiro atoms. The molecule has 0 atom stereocenters. The Morgan fingerprint density at radius 1 is 0.515 bits per heavy atom. The number of alkyl halides is 3. The maximum absolute atomic E-state index is 2.53. The number of para-hydroxylation sites is 2. The molecule has 4 heteroatoms. The quantitative estimate of drug-likeness (QED) is 0.125. The molecule has 0 saturated carbocycles. The summed E-state index contributed by atoms with van der Waals surface area (Å²) in [6, 6.07) is 39.6. The summed E-state index contributed by atoms with van der Waals surface area (Å²) in [4.78, 5) is 0. The Morgan fingerprint density at radius 3 is 1.67 bits per heavy atom. The van der Waals surface area contributed by atoms with Crippen molar-refractivity contribution in [1.82, 2.24) is 4.57 Å². The van der Waals surface area contributed by atoms with E-state index >= 15 is 0 Å². The van der Waals surface area contributed by atoms with Gasteiger partial charge in [-0.3, -0.25) is 0 Å². The molecule has 1 aromatic heterocycles. The molecular formula is C29H18I3N. The van der Waals surface area contributed by atoms with Gasteiger partial charge in [0.25, 0.3) is 0 Å². The highest BCUT2D eigenvalue weighted by Crippen LogP contribution is 2.51. The fraction of sp³-hybridized carbons (Fsp3) is 0.0345. The predicted octanol–water partition coefficient (Wildman–Crippen LogP) is 10.0. The zero-order valence-electron chi connectivity index (χ0n) is 17.5. The van der Waals surface area contributed by atoms with Crippen LogP contribution in [0.15, 0.2) is 109 Å². The van der Waals surface area contributed by atoms with Gasteiger partial charge in [0.2, 0.25) is 0 Å². The molecule has 0 aliphatic heterocycles. The van der Waals surface area contributed by atoms with E-state index in [1.54, 1.807) is 0 Å². The van der Waals surface area contributed by atoms with Crippen molar-refractivity contribution in [1.29, 1.82) is 0 Å². The molecule has 0 bridgehead atoms. The van der Waals surface area contributed by atoms with Gasteiger partial charge < -0.3 is 4.57 Å². The van der Waals surface area contributed by atoms with E-state index in [-0.39, 0.29) is -0.565 Å². The van der Waals surface area contributed by atoms with E-state index in [1.807, 2.05) is 0 Å². The summed E-state index contributed by atoms with van der Waals surface area (Å²) in [6.45, 7) is 0. The average molecular weight is 761 g/mol. The molecule has 0 unspecified atom stereocenters. The maximum atomic E-state index is 2.53. The van der Waals surface area contributed by atoms with Crippen LogP contribution in [0.2, 0.25) is 0 Å². The van der Waals surface area contributed by atoms with Crippen LogP contribution in [0.3, 0.4) is 0 Å². The van der Waals surface area contributed by atoms with E-state index < -0.39 is 0 Å². The zero-order valence-corrected chi connectivity index (χ0v) is 23.9. The summed E-state index contributed by atoms with van der Waals surface area (Å²) in [7, 11) is 0. The zero-order chi connectivity index (χ0) is 22.6. The number of fused-ring (bicyclic) bond motifs is 4. The minimum Gasteiger partial charge on any atom is -0.309 e. The fourth-order valence-corrected chi connectivity index (χ4v) is 6.15. The molecule has 6 rings (SSSR count). The molecule has 6 aromatic rings. The van der Waals surface area contributed by atoms with Crippen molar-refractivity contribution in [3.8, 4) is 16.8 Å². The highest BCUT2D eigenvalue weighted by atomic mass is 127. The van der Waals surface area contributed by atoms with E-state index in [1.165, 1.54) is 55.0 Å². The van der Waals surface area contributed by atoms with Crippen molar-refractivity contribution in [2.45, 2.75) is -0.565 Å². The molecular weight excluding hydrogens is 743 g/mol. The fourth-order valence-electron chi connectivity index (χ4n) is 4.80. The van der Waals surface area contributed by atoms with Gasteiger partial charge in [-0.1, -0.05) is 84.9 Å². The van der Waals surface area contributed by atoms with Gasteiger partial charge in [-0.2, -0.15) is 0 Å². The Balaban J connectivity index is 1.58. The van der Waals surface area contributed by atoms with Crippen molar-refractivity contribution in [3.05, 3.63) is 115 Å². The Morgan fingerprint density at radius 2 is 1.06 bits per heavy atom. The first-order chi connectivity index (χ1) is 16.0. The van der Waals surface area contributed by atoms with Gasteiger partial charge in [-0.25, -0.2) is 0 Å². The van der Waals surface area contributed by atoms with Gasteiger partial charge in [0, 0.05) is 16.5 Å². The molecule has 1 heterocycles. The second-order valence-electron chi connectivity index (χ2n) is 8.12.